The number of ketones is 1. The lowest BCUT2D eigenvalue weighted by Gasteiger charge is -2.00. The molecule has 1 atom stereocenters. The van der Waals surface area contributed by atoms with Crippen LogP contribution in [0.25, 0.3) is 0 Å². The van der Waals surface area contributed by atoms with E-state index in [1.165, 1.54) is 0 Å². The van der Waals surface area contributed by atoms with Crippen molar-refractivity contribution in [3.63, 3.8) is 0 Å². The van der Waals surface area contributed by atoms with Crippen LogP contribution in [0.1, 0.15) is 22.8 Å². The summed E-state index contributed by atoms with van der Waals surface area (Å²) < 4.78 is 0. The van der Waals surface area contributed by atoms with E-state index in [1.807, 2.05) is 6.92 Å². The zero-order chi connectivity index (χ0) is 9.59. The lowest BCUT2D eigenvalue weighted by atomic mass is 10.1. The molecular weight excluding hydrogens is 207 g/mol. The summed E-state index contributed by atoms with van der Waals surface area (Å²) in [5.74, 6) is 0.199. The van der Waals surface area contributed by atoms with Crippen LogP contribution in [0.5, 0.6) is 0 Å². The molecule has 0 unspecified atom stereocenters. The number of hydrogen-bond acceptors (Lipinski definition) is 1. The summed E-state index contributed by atoms with van der Waals surface area (Å²) in [5.41, 5.74) is 1.65. The van der Waals surface area contributed by atoms with Crippen molar-refractivity contribution in [2.45, 2.75) is 13.3 Å². The van der Waals surface area contributed by atoms with Gasteiger partial charge < -0.3 is 0 Å². The molecule has 1 aliphatic carbocycles. The number of halogens is 2. The Hall–Kier alpha value is -0.530. The van der Waals surface area contributed by atoms with E-state index in [0.717, 1.165) is 12.0 Å². The number of carbonyl (C=O) groups is 1. The van der Waals surface area contributed by atoms with Gasteiger partial charge in [-0.15, -0.1) is 0 Å². The summed E-state index contributed by atoms with van der Waals surface area (Å²) in [6.45, 7) is 1.91. The SMILES string of the molecule is C[C@H]1Cc2c(Cl)cc(Cl)cc2C1=O. The van der Waals surface area contributed by atoms with Crippen molar-refractivity contribution in [3.05, 3.63) is 33.3 Å². The third kappa shape index (κ3) is 1.36. The van der Waals surface area contributed by atoms with Crippen LogP contribution in [0, 0.1) is 5.92 Å². The average molecular weight is 215 g/mol. The molecule has 1 nitrogen and oxygen atoms in total. The summed E-state index contributed by atoms with van der Waals surface area (Å²) in [5, 5.41) is 1.14. The monoisotopic (exact) mass is 214 g/mol. The first-order valence-corrected chi connectivity index (χ1v) is 4.87. The van der Waals surface area contributed by atoms with E-state index in [1.54, 1.807) is 12.1 Å². The third-order valence-electron chi connectivity index (χ3n) is 2.38. The Kier molecular flexibility index (Phi) is 2.09. The lowest BCUT2D eigenvalue weighted by molar-refractivity contribution is 0.0946. The first kappa shape index (κ1) is 9.04. The van der Waals surface area contributed by atoms with Crippen LogP contribution in [0.3, 0.4) is 0 Å². The van der Waals surface area contributed by atoms with Gasteiger partial charge in [-0.1, -0.05) is 30.1 Å². The van der Waals surface area contributed by atoms with Gasteiger partial charge in [0.2, 0.25) is 0 Å². The fourth-order valence-corrected chi connectivity index (χ4v) is 2.27. The van der Waals surface area contributed by atoms with Gasteiger partial charge in [0.05, 0.1) is 0 Å². The number of rotatable bonds is 0. The van der Waals surface area contributed by atoms with Crippen LogP contribution in [0.15, 0.2) is 12.1 Å². The minimum absolute atomic E-state index is 0.0472. The molecule has 0 aromatic heterocycles. The highest BCUT2D eigenvalue weighted by atomic mass is 35.5. The van der Waals surface area contributed by atoms with Gasteiger partial charge in [-0.05, 0) is 24.1 Å². The maximum absolute atomic E-state index is 11.6. The van der Waals surface area contributed by atoms with Crippen LogP contribution in [-0.2, 0) is 6.42 Å². The van der Waals surface area contributed by atoms with Gasteiger partial charge in [0.15, 0.2) is 5.78 Å². The van der Waals surface area contributed by atoms with Gasteiger partial charge in [0, 0.05) is 21.5 Å². The first-order chi connectivity index (χ1) is 6.09. The molecule has 1 aliphatic rings. The van der Waals surface area contributed by atoms with E-state index in [4.69, 9.17) is 23.2 Å². The highest BCUT2D eigenvalue weighted by Gasteiger charge is 2.28. The topological polar surface area (TPSA) is 17.1 Å². The second kappa shape index (κ2) is 3.00. The van der Waals surface area contributed by atoms with Crippen LogP contribution in [0.2, 0.25) is 10.0 Å². The number of carbonyl (C=O) groups excluding carboxylic acids is 1. The minimum atomic E-state index is 0.0472. The lowest BCUT2D eigenvalue weighted by Crippen LogP contribution is -2.02. The molecule has 0 amide bonds. The van der Waals surface area contributed by atoms with Crippen molar-refractivity contribution in [1.29, 1.82) is 0 Å². The summed E-state index contributed by atoms with van der Waals surface area (Å²) in [6, 6.07) is 3.39. The van der Waals surface area contributed by atoms with Gasteiger partial charge in [-0.2, -0.15) is 0 Å². The molecule has 0 N–H and O–H groups in total. The molecule has 0 spiro atoms. The molecular formula is C10H8Cl2O. The Labute approximate surface area is 86.7 Å². The predicted molar refractivity (Wildman–Crippen MR) is 53.7 cm³/mol. The molecule has 0 heterocycles. The third-order valence-corrected chi connectivity index (χ3v) is 2.94. The maximum atomic E-state index is 11.6. The second-order valence-electron chi connectivity index (χ2n) is 3.38. The number of Topliss-reactive ketones (excluding diaryl/α,β-unsaturated/α-hetero) is 1. The van der Waals surface area contributed by atoms with Gasteiger partial charge in [0.25, 0.3) is 0 Å². The Balaban J connectivity index is 2.64. The van der Waals surface area contributed by atoms with E-state index in [0.29, 0.717) is 15.6 Å². The highest BCUT2D eigenvalue weighted by Crippen LogP contribution is 2.34. The van der Waals surface area contributed by atoms with Crippen LogP contribution >= 0.6 is 23.2 Å². The van der Waals surface area contributed by atoms with Crippen molar-refractivity contribution in [2.75, 3.05) is 0 Å². The molecule has 1 aromatic carbocycles. The molecule has 3 heteroatoms. The fourth-order valence-electron chi connectivity index (χ4n) is 1.70. The highest BCUT2D eigenvalue weighted by molar-refractivity contribution is 6.36. The molecule has 0 fully saturated rings. The summed E-state index contributed by atoms with van der Waals surface area (Å²) in [7, 11) is 0. The molecule has 0 bridgehead atoms. The van der Waals surface area contributed by atoms with E-state index in [2.05, 4.69) is 0 Å². The van der Waals surface area contributed by atoms with Crippen molar-refractivity contribution in [3.8, 4) is 0 Å². The zero-order valence-electron chi connectivity index (χ0n) is 7.10. The van der Waals surface area contributed by atoms with Crippen molar-refractivity contribution < 1.29 is 4.79 Å². The molecule has 1 aromatic rings. The molecule has 0 aliphatic heterocycles. The zero-order valence-corrected chi connectivity index (χ0v) is 8.62. The Morgan fingerprint density at radius 2 is 2.08 bits per heavy atom. The van der Waals surface area contributed by atoms with E-state index in [-0.39, 0.29) is 11.7 Å². The average Bonchev–Trinajstić information content (AvgIpc) is 2.32. The minimum Gasteiger partial charge on any atom is -0.294 e. The number of fused-ring (bicyclic) bond motifs is 1. The normalized spacial score (nSPS) is 20.5. The number of benzene rings is 1. The van der Waals surface area contributed by atoms with Crippen LogP contribution in [-0.4, -0.2) is 5.78 Å². The number of hydrogen-bond donors (Lipinski definition) is 0. The van der Waals surface area contributed by atoms with Gasteiger partial charge in [0.1, 0.15) is 0 Å². The second-order valence-corrected chi connectivity index (χ2v) is 4.23. The molecule has 0 radical (unpaired) electrons. The van der Waals surface area contributed by atoms with Crippen LogP contribution in [0.4, 0.5) is 0 Å². The maximum Gasteiger partial charge on any atom is 0.166 e. The molecule has 0 saturated carbocycles. The predicted octanol–water partition coefficient (Wildman–Crippen LogP) is 3.37. The van der Waals surface area contributed by atoms with E-state index in [9.17, 15) is 4.79 Å². The van der Waals surface area contributed by atoms with E-state index >= 15 is 0 Å². The van der Waals surface area contributed by atoms with Crippen molar-refractivity contribution in [1.82, 2.24) is 0 Å². The first-order valence-electron chi connectivity index (χ1n) is 4.11. The molecule has 0 saturated heterocycles. The van der Waals surface area contributed by atoms with Crippen LogP contribution < -0.4 is 0 Å². The largest absolute Gasteiger partial charge is 0.294 e. The summed E-state index contributed by atoms with van der Waals surface area (Å²) >= 11 is 11.8. The molecule has 68 valence electrons. The summed E-state index contributed by atoms with van der Waals surface area (Å²) in [4.78, 5) is 11.6. The Morgan fingerprint density at radius 1 is 1.38 bits per heavy atom. The van der Waals surface area contributed by atoms with Crippen molar-refractivity contribution in [2.24, 2.45) is 5.92 Å². The summed E-state index contributed by atoms with van der Waals surface area (Å²) in [6.07, 6.45) is 0.740. The quantitative estimate of drug-likeness (QED) is 0.648. The smallest absolute Gasteiger partial charge is 0.166 e. The van der Waals surface area contributed by atoms with Gasteiger partial charge in [-0.3, -0.25) is 4.79 Å². The van der Waals surface area contributed by atoms with Gasteiger partial charge >= 0.3 is 0 Å². The van der Waals surface area contributed by atoms with E-state index < -0.39 is 0 Å². The fraction of sp³-hybridized carbons (Fsp3) is 0.300. The molecule has 2 rings (SSSR count). The standard InChI is InChI=1S/C10H8Cl2O/c1-5-2-7-8(10(5)13)3-6(11)4-9(7)12/h3-5H,2H2,1H3/t5-/m0/s1. The van der Waals surface area contributed by atoms with Crippen molar-refractivity contribution >= 4 is 29.0 Å². The Morgan fingerprint density at radius 3 is 2.77 bits per heavy atom. The molecule has 13 heavy (non-hydrogen) atoms. The van der Waals surface area contributed by atoms with Gasteiger partial charge in [-0.25, -0.2) is 0 Å². The Bertz CT molecular complexity index is 385.